The van der Waals surface area contributed by atoms with Gasteiger partial charge in [0.05, 0.1) is 6.54 Å². The molecule has 1 aromatic heterocycles. The number of amides is 3. The Balaban J connectivity index is 1.77. The van der Waals surface area contributed by atoms with E-state index in [9.17, 15) is 14.4 Å². The SMILES string of the molecule is Cc1ccc2c(CN3C(=O)NC(C)(c4ccccc4Br)C3=O)cc(=O)oc2c1C. The van der Waals surface area contributed by atoms with E-state index in [1.54, 1.807) is 13.0 Å². The Morgan fingerprint density at radius 3 is 2.55 bits per heavy atom. The first-order valence-corrected chi connectivity index (χ1v) is 9.93. The molecule has 3 aromatic rings. The molecule has 0 radical (unpaired) electrons. The van der Waals surface area contributed by atoms with Crippen molar-refractivity contribution in [1.29, 1.82) is 0 Å². The third-order valence-electron chi connectivity index (χ3n) is 5.53. The third-order valence-corrected chi connectivity index (χ3v) is 6.22. The van der Waals surface area contributed by atoms with Gasteiger partial charge in [-0.25, -0.2) is 9.59 Å². The van der Waals surface area contributed by atoms with Gasteiger partial charge < -0.3 is 9.73 Å². The standard InChI is InChI=1S/C22H19BrN2O4/c1-12-8-9-15-14(10-18(26)29-19(15)13(12)2)11-25-20(27)22(3,24-21(25)28)16-6-4-5-7-17(16)23/h4-10H,11H2,1-3H3,(H,24,28). The van der Waals surface area contributed by atoms with Crippen LogP contribution in [0.1, 0.15) is 29.2 Å². The molecule has 0 aliphatic carbocycles. The number of rotatable bonds is 3. The highest BCUT2D eigenvalue weighted by atomic mass is 79.9. The predicted molar refractivity (Wildman–Crippen MR) is 113 cm³/mol. The minimum atomic E-state index is -1.20. The van der Waals surface area contributed by atoms with Crippen molar-refractivity contribution in [1.82, 2.24) is 10.2 Å². The average molecular weight is 455 g/mol. The molecule has 4 rings (SSSR count). The molecule has 1 aliphatic rings. The van der Waals surface area contributed by atoms with Crippen LogP contribution in [0.4, 0.5) is 4.79 Å². The number of halogens is 1. The molecule has 0 saturated carbocycles. The zero-order valence-corrected chi connectivity index (χ0v) is 17.8. The number of hydrogen-bond donors (Lipinski definition) is 1. The minimum absolute atomic E-state index is 0.0185. The lowest BCUT2D eigenvalue weighted by Gasteiger charge is -2.23. The Morgan fingerprint density at radius 1 is 1.10 bits per heavy atom. The third kappa shape index (κ3) is 3.06. The molecule has 3 amide bonds. The minimum Gasteiger partial charge on any atom is -0.422 e. The summed E-state index contributed by atoms with van der Waals surface area (Å²) in [5, 5.41) is 3.51. The summed E-state index contributed by atoms with van der Waals surface area (Å²) in [6.07, 6.45) is 0. The lowest BCUT2D eigenvalue weighted by molar-refractivity contribution is -0.131. The molecule has 7 heteroatoms. The first-order valence-electron chi connectivity index (χ1n) is 9.14. The number of nitrogens with zero attached hydrogens (tertiary/aromatic N) is 1. The maximum atomic E-state index is 13.3. The van der Waals surface area contributed by atoms with Crippen LogP contribution < -0.4 is 10.9 Å². The number of carbonyl (C=O) groups excluding carboxylic acids is 2. The summed E-state index contributed by atoms with van der Waals surface area (Å²) in [6.45, 7) is 5.47. The topological polar surface area (TPSA) is 79.6 Å². The molecule has 148 valence electrons. The number of carbonyl (C=O) groups is 2. The first kappa shape index (κ1) is 19.4. The molecule has 0 bridgehead atoms. The van der Waals surface area contributed by atoms with Gasteiger partial charge in [0.1, 0.15) is 11.1 Å². The fraction of sp³-hybridized carbons (Fsp3) is 0.227. The van der Waals surface area contributed by atoms with Crippen LogP contribution in [0.2, 0.25) is 0 Å². The maximum absolute atomic E-state index is 13.3. The summed E-state index contributed by atoms with van der Waals surface area (Å²) in [6, 6.07) is 11.9. The predicted octanol–water partition coefficient (Wildman–Crippen LogP) is 4.14. The van der Waals surface area contributed by atoms with Crippen molar-refractivity contribution in [2.45, 2.75) is 32.9 Å². The fourth-order valence-corrected chi connectivity index (χ4v) is 4.40. The Labute approximate surface area is 175 Å². The summed E-state index contributed by atoms with van der Waals surface area (Å²) >= 11 is 3.46. The first-order chi connectivity index (χ1) is 13.7. The summed E-state index contributed by atoms with van der Waals surface area (Å²) < 4.78 is 6.12. The molecule has 1 fully saturated rings. The second kappa shape index (κ2) is 6.84. The molecule has 1 atom stereocenters. The highest BCUT2D eigenvalue weighted by Crippen LogP contribution is 2.35. The van der Waals surface area contributed by atoms with Gasteiger partial charge >= 0.3 is 11.7 Å². The van der Waals surface area contributed by atoms with Crippen LogP contribution in [-0.2, 0) is 16.9 Å². The molecule has 6 nitrogen and oxygen atoms in total. The van der Waals surface area contributed by atoms with Crippen LogP contribution in [0.3, 0.4) is 0 Å². The van der Waals surface area contributed by atoms with E-state index in [-0.39, 0.29) is 12.5 Å². The molecule has 2 aromatic carbocycles. The lowest BCUT2D eigenvalue weighted by Crippen LogP contribution is -2.41. The van der Waals surface area contributed by atoms with Gasteiger partial charge in [0, 0.05) is 21.5 Å². The molecule has 0 spiro atoms. The van der Waals surface area contributed by atoms with E-state index < -0.39 is 17.2 Å². The number of nitrogens with one attached hydrogen (secondary N) is 1. The van der Waals surface area contributed by atoms with E-state index >= 15 is 0 Å². The van der Waals surface area contributed by atoms with E-state index in [4.69, 9.17) is 4.42 Å². The van der Waals surface area contributed by atoms with Crippen LogP contribution >= 0.6 is 15.9 Å². The molecule has 1 aliphatic heterocycles. The van der Waals surface area contributed by atoms with Crippen LogP contribution in [-0.4, -0.2) is 16.8 Å². The summed E-state index contributed by atoms with van der Waals surface area (Å²) in [5.41, 5.74) is 1.86. The van der Waals surface area contributed by atoms with E-state index in [2.05, 4.69) is 21.2 Å². The van der Waals surface area contributed by atoms with Gasteiger partial charge in [0.2, 0.25) is 0 Å². The largest absolute Gasteiger partial charge is 0.422 e. The van der Waals surface area contributed by atoms with Crippen molar-refractivity contribution >= 4 is 38.8 Å². The van der Waals surface area contributed by atoms with Crippen LogP contribution in [0.15, 0.2) is 56.1 Å². The Hall–Kier alpha value is -2.93. The lowest BCUT2D eigenvalue weighted by atomic mass is 9.92. The second-order valence-corrected chi connectivity index (χ2v) is 8.26. The van der Waals surface area contributed by atoms with E-state index in [0.29, 0.717) is 22.1 Å². The van der Waals surface area contributed by atoms with Crippen LogP contribution in [0.5, 0.6) is 0 Å². The van der Waals surface area contributed by atoms with Gasteiger partial charge in [-0.2, -0.15) is 0 Å². The van der Waals surface area contributed by atoms with Gasteiger partial charge in [-0.05, 0) is 43.5 Å². The highest BCUT2D eigenvalue weighted by Gasteiger charge is 2.49. The number of imide groups is 1. The van der Waals surface area contributed by atoms with E-state index in [0.717, 1.165) is 20.5 Å². The van der Waals surface area contributed by atoms with Crippen molar-refractivity contribution < 1.29 is 14.0 Å². The number of urea groups is 1. The van der Waals surface area contributed by atoms with E-state index in [1.165, 1.54) is 6.07 Å². The monoisotopic (exact) mass is 454 g/mol. The van der Waals surface area contributed by atoms with Gasteiger partial charge in [0.25, 0.3) is 5.91 Å². The average Bonchev–Trinajstić information content (AvgIpc) is 2.89. The Bertz CT molecular complexity index is 1230. The fourth-order valence-electron chi connectivity index (χ4n) is 3.72. The molecule has 2 heterocycles. The maximum Gasteiger partial charge on any atom is 0.336 e. The van der Waals surface area contributed by atoms with Crippen molar-refractivity contribution in [3.63, 3.8) is 0 Å². The van der Waals surface area contributed by atoms with Crippen molar-refractivity contribution in [2.75, 3.05) is 0 Å². The summed E-state index contributed by atoms with van der Waals surface area (Å²) in [4.78, 5) is 39.2. The summed E-state index contributed by atoms with van der Waals surface area (Å²) in [5.74, 6) is -0.375. The van der Waals surface area contributed by atoms with Crippen LogP contribution in [0.25, 0.3) is 11.0 Å². The second-order valence-electron chi connectivity index (χ2n) is 7.40. The van der Waals surface area contributed by atoms with Crippen LogP contribution in [0, 0.1) is 13.8 Å². The number of fused-ring (bicyclic) bond motifs is 1. The normalized spacial score (nSPS) is 19.1. The zero-order chi connectivity index (χ0) is 20.9. The highest BCUT2D eigenvalue weighted by molar-refractivity contribution is 9.10. The number of benzene rings is 2. The number of aryl methyl sites for hydroxylation is 2. The quantitative estimate of drug-likeness (QED) is 0.476. The van der Waals surface area contributed by atoms with Gasteiger partial charge in [-0.3, -0.25) is 9.69 Å². The Morgan fingerprint density at radius 2 is 1.83 bits per heavy atom. The molecule has 29 heavy (non-hydrogen) atoms. The summed E-state index contributed by atoms with van der Waals surface area (Å²) in [7, 11) is 0. The molecule has 1 N–H and O–H groups in total. The molecular formula is C22H19BrN2O4. The van der Waals surface area contributed by atoms with Gasteiger partial charge in [0.15, 0.2) is 0 Å². The number of hydrogen-bond acceptors (Lipinski definition) is 4. The molecule has 1 saturated heterocycles. The van der Waals surface area contributed by atoms with Gasteiger partial charge in [-0.1, -0.05) is 46.3 Å². The molecular weight excluding hydrogens is 436 g/mol. The molecule has 1 unspecified atom stereocenters. The van der Waals surface area contributed by atoms with Crippen molar-refractivity contribution in [3.05, 3.63) is 79.6 Å². The smallest absolute Gasteiger partial charge is 0.336 e. The Kier molecular flexibility index (Phi) is 4.58. The zero-order valence-electron chi connectivity index (χ0n) is 16.2. The van der Waals surface area contributed by atoms with Crippen molar-refractivity contribution in [3.8, 4) is 0 Å². The van der Waals surface area contributed by atoms with Crippen molar-refractivity contribution in [2.24, 2.45) is 0 Å². The van der Waals surface area contributed by atoms with Gasteiger partial charge in [-0.15, -0.1) is 0 Å². The van der Waals surface area contributed by atoms with E-state index in [1.807, 2.05) is 44.2 Å².